The van der Waals surface area contributed by atoms with E-state index in [0.29, 0.717) is 5.02 Å². The number of nitrogens with two attached hydrogens (primary N) is 1. The van der Waals surface area contributed by atoms with Crippen molar-refractivity contribution >= 4 is 28.3 Å². The Balaban J connectivity index is 2.27. The summed E-state index contributed by atoms with van der Waals surface area (Å²) in [4.78, 5) is 4.67. The van der Waals surface area contributed by atoms with Crippen molar-refractivity contribution in [2.45, 2.75) is 6.92 Å². The Bertz CT molecular complexity index is 774. The van der Waals surface area contributed by atoms with Crippen LogP contribution >= 0.6 is 11.6 Å². The second-order valence-corrected chi connectivity index (χ2v) is 5.14. The molecule has 0 amide bonds. The fourth-order valence-corrected chi connectivity index (χ4v) is 2.52. The van der Waals surface area contributed by atoms with Crippen molar-refractivity contribution in [3.8, 4) is 11.4 Å². The maximum absolute atomic E-state index is 6.01. The van der Waals surface area contributed by atoms with Crippen LogP contribution in [0.15, 0.2) is 36.4 Å². The molecule has 0 fully saturated rings. The highest BCUT2D eigenvalue weighted by Gasteiger charge is 2.12. The molecule has 4 heteroatoms. The number of hydrogen-bond acceptors (Lipinski definition) is 2. The van der Waals surface area contributed by atoms with Gasteiger partial charge in [0.15, 0.2) is 0 Å². The van der Waals surface area contributed by atoms with Gasteiger partial charge in [0.25, 0.3) is 0 Å². The average Bonchev–Trinajstić information content (AvgIpc) is 2.66. The number of benzene rings is 2. The Morgan fingerprint density at radius 1 is 1.16 bits per heavy atom. The van der Waals surface area contributed by atoms with Gasteiger partial charge < -0.3 is 10.3 Å². The average molecular weight is 272 g/mol. The minimum absolute atomic E-state index is 0.700. The van der Waals surface area contributed by atoms with Crippen molar-refractivity contribution in [3.63, 3.8) is 0 Å². The van der Waals surface area contributed by atoms with E-state index < -0.39 is 0 Å². The standard InChI is InChI=1S/C15H14ClN3/c1-9-7-11(17)4-5-12(9)15-18-13-8-10(16)3-6-14(13)19(15)2/h3-8H,17H2,1-2H3. The number of aromatic nitrogens is 2. The van der Waals surface area contributed by atoms with E-state index in [4.69, 9.17) is 17.3 Å². The third-order valence-corrected chi connectivity index (χ3v) is 3.57. The smallest absolute Gasteiger partial charge is 0.141 e. The largest absolute Gasteiger partial charge is 0.399 e. The Morgan fingerprint density at radius 2 is 1.95 bits per heavy atom. The highest BCUT2D eigenvalue weighted by atomic mass is 35.5. The summed E-state index contributed by atoms with van der Waals surface area (Å²) in [6.07, 6.45) is 0. The second-order valence-electron chi connectivity index (χ2n) is 4.70. The Kier molecular flexibility index (Phi) is 2.72. The van der Waals surface area contributed by atoms with E-state index in [9.17, 15) is 0 Å². The van der Waals surface area contributed by atoms with Gasteiger partial charge in [-0.3, -0.25) is 0 Å². The Morgan fingerprint density at radius 3 is 2.68 bits per heavy atom. The highest BCUT2D eigenvalue weighted by Crippen LogP contribution is 2.28. The number of nitrogens with zero attached hydrogens (tertiary/aromatic N) is 2. The minimum Gasteiger partial charge on any atom is -0.399 e. The van der Waals surface area contributed by atoms with Gasteiger partial charge >= 0.3 is 0 Å². The number of imidazole rings is 1. The summed E-state index contributed by atoms with van der Waals surface area (Å²) in [6, 6.07) is 11.6. The van der Waals surface area contributed by atoms with Crippen LogP contribution < -0.4 is 5.73 Å². The second kappa shape index (κ2) is 4.28. The lowest BCUT2D eigenvalue weighted by Gasteiger charge is -2.07. The van der Waals surface area contributed by atoms with Crippen LogP contribution in [0.2, 0.25) is 5.02 Å². The summed E-state index contributed by atoms with van der Waals surface area (Å²) in [5.74, 6) is 0.926. The molecule has 3 rings (SSSR count). The first kappa shape index (κ1) is 12.1. The van der Waals surface area contributed by atoms with Gasteiger partial charge in [-0.2, -0.15) is 0 Å². The van der Waals surface area contributed by atoms with E-state index in [1.54, 1.807) is 0 Å². The zero-order valence-electron chi connectivity index (χ0n) is 10.8. The predicted octanol–water partition coefficient (Wildman–Crippen LogP) is 3.78. The third kappa shape index (κ3) is 1.96. The molecule has 19 heavy (non-hydrogen) atoms. The van der Waals surface area contributed by atoms with Gasteiger partial charge in [0.05, 0.1) is 11.0 Å². The van der Waals surface area contributed by atoms with Crippen molar-refractivity contribution in [3.05, 3.63) is 47.0 Å². The molecule has 96 valence electrons. The number of hydrogen-bond donors (Lipinski definition) is 1. The quantitative estimate of drug-likeness (QED) is 0.685. The van der Waals surface area contributed by atoms with Crippen LogP contribution in [0.25, 0.3) is 22.4 Å². The number of fused-ring (bicyclic) bond motifs is 1. The summed E-state index contributed by atoms with van der Waals surface area (Å²) < 4.78 is 2.07. The molecule has 0 aliphatic carbocycles. The topological polar surface area (TPSA) is 43.8 Å². The highest BCUT2D eigenvalue weighted by molar-refractivity contribution is 6.31. The molecule has 0 aliphatic rings. The molecule has 0 aliphatic heterocycles. The van der Waals surface area contributed by atoms with Crippen LogP contribution in [0.5, 0.6) is 0 Å². The minimum atomic E-state index is 0.700. The van der Waals surface area contributed by atoms with Crippen molar-refractivity contribution in [1.29, 1.82) is 0 Å². The van der Waals surface area contributed by atoms with E-state index in [1.807, 2.05) is 50.4 Å². The molecular formula is C15H14ClN3. The van der Waals surface area contributed by atoms with Gasteiger partial charge in [-0.1, -0.05) is 11.6 Å². The zero-order chi connectivity index (χ0) is 13.6. The predicted molar refractivity (Wildman–Crippen MR) is 80.3 cm³/mol. The van der Waals surface area contributed by atoms with Crippen LogP contribution in [-0.4, -0.2) is 9.55 Å². The number of aryl methyl sites for hydroxylation is 2. The molecule has 0 atom stereocenters. The van der Waals surface area contributed by atoms with Crippen molar-refractivity contribution < 1.29 is 0 Å². The van der Waals surface area contributed by atoms with E-state index in [-0.39, 0.29) is 0 Å². The molecule has 0 bridgehead atoms. The fourth-order valence-electron chi connectivity index (χ4n) is 2.35. The van der Waals surface area contributed by atoms with Crippen LogP contribution in [-0.2, 0) is 7.05 Å². The zero-order valence-corrected chi connectivity index (χ0v) is 11.6. The number of rotatable bonds is 1. The van der Waals surface area contributed by atoms with Gasteiger partial charge in [-0.25, -0.2) is 4.98 Å². The van der Waals surface area contributed by atoms with Crippen LogP contribution in [0.4, 0.5) is 5.69 Å². The fraction of sp³-hybridized carbons (Fsp3) is 0.133. The van der Waals surface area contributed by atoms with Crippen molar-refractivity contribution in [1.82, 2.24) is 9.55 Å². The van der Waals surface area contributed by atoms with Gasteiger partial charge in [0.1, 0.15) is 5.82 Å². The first-order valence-electron chi connectivity index (χ1n) is 6.05. The number of nitrogen functional groups attached to an aromatic ring is 1. The lowest BCUT2D eigenvalue weighted by atomic mass is 10.1. The Labute approximate surface area is 116 Å². The molecule has 3 nitrogen and oxygen atoms in total. The maximum atomic E-state index is 6.01. The van der Waals surface area contributed by atoms with Crippen LogP contribution in [0.3, 0.4) is 0 Å². The summed E-state index contributed by atoms with van der Waals surface area (Å²) in [6.45, 7) is 2.04. The first-order valence-corrected chi connectivity index (χ1v) is 6.42. The van der Waals surface area contributed by atoms with Crippen molar-refractivity contribution in [2.75, 3.05) is 5.73 Å². The molecule has 0 spiro atoms. The molecule has 0 unspecified atom stereocenters. The Hall–Kier alpha value is -2.00. The molecule has 0 saturated heterocycles. The molecular weight excluding hydrogens is 258 g/mol. The summed E-state index contributed by atoms with van der Waals surface area (Å²) in [7, 11) is 2.01. The van der Waals surface area contributed by atoms with Gasteiger partial charge in [-0.15, -0.1) is 0 Å². The first-order chi connectivity index (χ1) is 9.06. The normalized spacial score (nSPS) is 11.1. The molecule has 1 heterocycles. The lowest BCUT2D eigenvalue weighted by Crippen LogP contribution is -1.95. The van der Waals surface area contributed by atoms with Gasteiger partial charge in [-0.05, 0) is 48.9 Å². The van der Waals surface area contributed by atoms with E-state index in [2.05, 4.69) is 9.55 Å². The summed E-state index contributed by atoms with van der Waals surface area (Å²) >= 11 is 6.01. The summed E-state index contributed by atoms with van der Waals surface area (Å²) in [5.41, 5.74) is 10.7. The van der Waals surface area contributed by atoms with Crippen molar-refractivity contribution in [2.24, 2.45) is 7.05 Å². The molecule has 2 aromatic carbocycles. The summed E-state index contributed by atoms with van der Waals surface area (Å²) in [5, 5.41) is 0.700. The van der Waals surface area contributed by atoms with Crippen LogP contribution in [0.1, 0.15) is 5.56 Å². The lowest BCUT2D eigenvalue weighted by molar-refractivity contribution is 0.957. The monoisotopic (exact) mass is 271 g/mol. The third-order valence-electron chi connectivity index (χ3n) is 3.33. The molecule has 0 radical (unpaired) electrons. The van der Waals surface area contributed by atoms with Crippen LogP contribution in [0, 0.1) is 6.92 Å². The molecule has 2 N–H and O–H groups in total. The number of halogens is 1. The van der Waals surface area contributed by atoms with Gasteiger partial charge in [0, 0.05) is 23.3 Å². The molecule has 0 saturated carbocycles. The van der Waals surface area contributed by atoms with E-state index >= 15 is 0 Å². The van der Waals surface area contributed by atoms with E-state index in [0.717, 1.165) is 33.7 Å². The number of anilines is 1. The van der Waals surface area contributed by atoms with Gasteiger partial charge in [0.2, 0.25) is 0 Å². The van der Waals surface area contributed by atoms with E-state index in [1.165, 1.54) is 0 Å². The SMILES string of the molecule is Cc1cc(N)ccc1-c1nc2cc(Cl)ccc2n1C. The molecule has 1 aromatic heterocycles. The molecule has 3 aromatic rings. The maximum Gasteiger partial charge on any atom is 0.141 e.